The molecule has 1 N–H and O–H groups in total. The molecule has 0 fully saturated rings. The van der Waals surface area contributed by atoms with Gasteiger partial charge in [0.2, 0.25) is 5.13 Å². The highest BCUT2D eigenvalue weighted by Crippen LogP contribution is 2.36. The van der Waals surface area contributed by atoms with Crippen LogP contribution in [0.4, 0.5) is 17.1 Å². The Kier molecular flexibility index (Phi) is 7.05. The van der Waals surface area contributed by atoms with Gasteiger partial charge in [-0.3, -0.25) is 20.0 Å². The third-order valence-corrected chi connectivity index (χ3v) is 6.93. The van der Waals surface area contributed by atoms with Gasteiger partial charge >= 0.3 is 5.56 Å². The van der Waals surface area contributed by atoms with Gasteiger partial charge < -0.3 is 4.74 Å². The normalized spacial score (nSPS) is 11.2. The predicted molar refractivity (Wildman–Crippen MR) is 147 cm³/mol. The lowest BCUT2D eigenvalue weighted by Gasteiger charge is -2.01. The maximum Gasteiger partial charge on any atom is 0.301 e. The summed E-state index contributed by atoms with van der Waals surface area (Å²) in [5.41, 5.74) is 1.82. The van der Waals surface area contributed by atoms with E-state index >= 15 is 0 Å². The van der Waals surface area contributed by atoms with Crippen molar-refractivity contribution in [3.05, 3.63) is 103 Å². The van der Waals surface area contributed by atoms with Crippen molar-refractivity contribution in [1.29, 1.82) is 0 Å². The van der Waals surface area contributed by atoms with Gasteiger partial charge in [-0.2, -0.15) is 4.68 Å². The number of ether oxygens (including phenoxy) is 1. The van der Waals surface area contributed by atoms with Crippen LogP contribution >= 0.6 is 34.5 Å². The van der Waals surface area contributed by atoms with Crippen molar-refractivity contribution in [3.8, 4) is 33.4 Å². The molecular weight excluding hydrogens is 551 g/mol. The number of thiazole rings is 1. The van der Waals surface area contributed by atoms with E-state index in [1.165, 1.54) is 40.3 Å². The Balaban J connectivity index is 1.61. The Morgan fingerprint density at radius 1 is 0.974 bits per heavy atom. The van der Waals surface area contributed by atoms with Gasteiger partial charge in [0.15, 0.2) is 5.69 Å². The molecule has 38 heavy (non-hydrogen) atoms. The number of nitrogens with zero attached hydrogens (tertiary/aromatic N) is 5. The third-order valence-electron chi connectivity index (χ3n) is 5.49. The van der Waals surface area contributed by atoms with Gasteiger partial charge in [-0.1, -0.05) is 29.3 Å². The molecule has 0 saturated carbocycles. The summed E-state index contributed by atoms with van der Waals surface area (Å²) in [6.07, 6.45) is 0. The molecule has 0 bridgehead atoms. The number of hydrogen-bond donors (Lipinski definition) is 1. The van der Waals surface area contributed by atoms with Crippen LogP contribution in [0.3, 0.4) is 0 Å². The van der Waals surface area contributed by atoms with E-state index in [4.69, 9.17) is 27.9 Å². The Morgan fingerprint density at radius 3 is 2.24 bits per heavy atom. The first-order chi connectivity index (χ1) is 18.4. The van der Waals surface area contributed by atoms with Crippen molar-refractivity contribution in [2.45, 2.75) is 0 Å². The molecule has 3 aromatic carbocycles. The molecule has 0 radical (unpaired) electrons. The van der Waals surface area contributed by atoms with Crippen LogP contribution in [0.25, 0.3) is 27.6 Å². The van der Waals surface area contributed by atoms with Crippen molar-refractivity contribution in [2.75, 3.05) is 7.11 Å². The zero-order chi connectivity index (χ0) is 26.8. The molecule has 5 aromatic rings. The molecular formula is C25H16Cl2N6O4S. The first-order valence-corrected chi connectivity index (χ1v) is 12.5. The lowest BCUT2D eigenvalue weighted by molar-refractivity contribution is -0.384. The Labute approximate surface area is 228 Å². The minimum absolute atomic E-state index is 0.0453. The molecule has 0 unspecified atom stereocenters. The molecule has 0 saturated heterocycles. The van der Waals surface area contributed by atoms with E-state index in [2.05, 4.69) is 20.3 Å². The summed E-state index contributed by atoms with van der Waals surface area (Å²) in [5.74, 6) is 0.714. The number of nitro groups is 1. The quantitative estimate of drug-likeness (QED) is 0.123. The first kappa shape index (κ1) is 25.3. The number of hydrogen-bond acceptors (Lipinski definition) is 8. The van der Waals surface area contributed by atoms with Gasteiger partial charge in [0.05, 0.1) is 33.5 Å². The number of nitrogens with one attached hydrogen (secondary N) is 1. The van der Waals surface area contributed by atoms with E-state index in [0.29, 0.717) is 22.1 Å². The van der Waals surface area contributed by atoms with Crippen molar-refractivity contribution >= 4 is 51.6 Å². The van der Waals surface area contributed by atoms with Gasteiger partial charge in [-0.15, -0.1) is 21.6 Å². The number of azo groups is 1. The second kappa shape index (κ2) is 10.6. The average molecular weight is 567 g/mol. The van der Waals surface area contributed by atoms with E-state index in [9.17, 15) is 14.9 Å². The van der Waals surface area contributed by atoms with Crippen molar-refractivity contribution < 1.29 is 9.66 Å². The molecule has 190 valence electrons. The number of methoxy groups -OCH3 is 1. The van der Waals surface area contributed by atoms with Crippen LogP contribution in [0.1, 0.15) is 0 Å². The molecule has 5 rings (SSSR count). The summed E-state index contributed by atoms with van der Waals surface area (Å²) < 4.78 is 6.45. The monoisotopic (exact) mass is 566 g/mol. The van der Waals surface area contributed by atoms with Crippen LogP contribution in [0.5, 0.6) is 5.75 Å². The summed E-state index contributed by atoms with van der Waals surface area (Å²) in [7, 11) is 1.59. The number of halogens is 2. The predicted octanol–water partition coefficient (Wildman–Crippen LogP) is 7.60. The topological polar surface area (TPSA) is 128 Å². The highest BCUT2D eigenvalue weighted by Gasteiger charge is 2.20. The number of non-ortho nitro benzene ring substituents is 1. The fraction of sp³-hybridized carbons (Fsp3) is 0.0400. The van der Waals surface area contributed by atoms with E-state index in [1.807, 2.05) is 29.6 Å². The smallest absolute Gasteiger partial charge is 0.301 e. The maximum absolute atomic E-state index is 13.5. The molecule has 13 heteroatoms. The third kappa shape index (κ3) is 4.94. The SMILES string of the molecule is COc1ccc(-c2csc(-n3[nH]c(-c4ccc([N+](=O)[O-])cc4)c(N=Nc4c(Cl)cccc4Cl)c3=O)n2)cc1. The minimum Gasteiger partial charge on any atom is -0.497 e. The summed E-state index contributed by atoms with van der Waals surface area (Å²) in [6.45, 7) is 0. The highest BCUT2D eigenvalue weighted by atomic mass is 35.5. The lowest BCUT2D eigenvalue weighted by Crippen LogP contribution is -2.13. The van der Waals surface area contributed by atoms with Crippen LogP contribution in [0.15, 0.2) is 87.1 Å². The van der Waals surface area contributed by atoms with Crippen LogP contribution in [0.2, 0.25) is 10.0 Å². The second-order valence-corrected chi connectivity index (χ2v) is 9.44. The Hall–Kier alpha value is -4.32. The fourth-order valence-electron chi connectivity index (χ4n) is 3.55. The lowest BCUT2D eigenvalue weighted by atomic mass is 10.1. The molecule has 0 aliphatic rings. The number of H-pyrrole nitrogens is 1. The van der Waals surface area contributed by atoms with Crippen LogP contribution in [-0.2, 0) is 0 Å². The molecule has 0 spiro atoms. The zero-order valence-electron chi connectivity index (χ0n) is 19.5. The molecule has 0 aliphatic heterocycles. The number of benzene rings is 3. The number of nitro benzene ring substituents is 1. The highest BCUT2D eigenvalue weighted by molar-refractivity contribution is 7.12. The summed E-state index contributed by atoms with van der Waals surface area (Å²) in [6, 6.07) is 17.9. The van der Waals surface area contributed by atoms with Gasteiger partial charge in [0.25, 0.3) is 5.69 Å². The van der Waals surface area contributed by atoms with Gasteiger partial charge in [-0.25, -0.2) is 4.98 Å². The summed E-state index contributed by atoms with van der Waals surface area (Å²) >= 11 is 13.7. The van der Waals surface area contributed by atoms with Crippen LogP contribution in [-0.4, -0.2) is 26.8 Å². The zero-order valence-corrected chi connectivity index (χ0v) is 21.8. The van der Waals surface area contributed by atoms with Crippen LogP contribution < -0.4 is 10.3 Å². The summed E-state index contributed by atoms with van der Waals surface area (Å²) in [5, 5.41) is 25.2. The van der Waals surface area contributed by atoms with Crippen LogP contribution in [0, 0.1) is 10.1 Å². The molecule has 0 aliphatic carbocycles. The minimum atomic E-state index is -0.527. The largest absolute Gasteiger partial charge is 0.497 e. The maximum atomic E-state index is 13.5. The van der Waals surface area contributed by atoms with E-state index in [0.717, 1.165) is 5.56 Å². The van der Waals surface area contributed by atoms with Crippen molar-refractivity contribution in [1.82, 2.24) is 14.8 Å². The second-order valence-electron chi connectivity index (χ2n) is 7.79. The average Bonchev–Trinajstić information content (AvgIpc) is 3.53. The number of rotatable bonds is 7. The molecule has 2 heterocycles. The Morgan fingerprint density at radius 2 is 1.61 bits per heavy atom. The van der Waals surface area contributed by atoms with E-state index < -0.39 is 10.5 Å². The Bertz CT molecular complexity index is 1710. The molecule has 0 amide bonds. The standard InChI is InChI=1S/C25H16Cl2N6O4S/c1-37-17-11-7-14(8-12-17)20-13-38-25(28-20)32-24(34)23(30-29-22-18(26)3-2-4-19(22)27)21(31-32)15-5-9-16(10-6-15)33(35)36/h2-13,31H,1H3. The van der Waals surface area contributed by atoms with Gasteiger partial charge in [-0.05, 0) is 48.5 Å². The molecule has 2 aromatic heterocycles. The summed E-state index contributed by atoms with van der Waals surface area (Å²) in [4.78, 5) is 28.7. The van der Waals surface area contributed by atoms with Gasteiger partial charge in [0, 0.05) is 28.6 Å². The van der Waals surface area contributed by atoms with Crippen molar-refractivity contribution in [3.63, 3.8) is 0 Å². The molecule has 0 atom stereocenters. The fourth-order valence-corrected chi connectivity index (χ4v) is 4.82. The first-order valence-electron chi connectivity index (χ1n) is 10.9. The number of aromatic amines is 1. The van der Waals surface area contributed by atoms with Gasteiger partial charge in [0.1, 0.15) is 11.4 Å². The van der Waals surface area contributed by atoms with E-state index in [1.54, 1.807) is 25.3 Å². The molecule has 10 nitrogen and oxygen atoms in total. The van der Waals surface area contributed by atoms with Crippen molar-refractivity contribution in [2.24, 2.45) is 10.2 Å². The van der Waals surface area contributed by atoms with E-state index in [-0.39, 0.29) is 32.8 Å². The number of aromatic nitrogens is 3.